The zero-order valence-electron chi connectivity index (χ0n) is 13.4. The lowest BCUT2D eigenvalue weighted by molar-refractivity contribution is -0.385. The Morgan fingerprint density at radius 3 is 2.31 bits per heavy atom. The molecule has 0 saturated heterocycles. The van der Waals surface area contributed by atoms with Crippen LogP contribution in [0.3, 0.4) is 0 Å². The molecule has 2 aromatic carbocycles. The van der Waals surface area contributed by atoms with Crippen LogP contribution >= 0.6 is 15.9 Å². The van der Waals surface area contributed by atoms with Crippen molar-refractivity contribution in [3.63, 3.8) is 0 Å². The van der Waals surface area contributed by atoms with E-state index in [-0.39, 0.29) is 5.56 Å². The molecular weight excluding hydrogens is 410 g/mol. The fraction of sp³-hybridized carbons (Fsp3) is 0.118. The molecule has 0 bridgehead atoms. The van der Waals surface area contributed by atoms with Crippen molar-refractivity contribution in [3.8, 4) is 0 Å². The maximum atomic E-state index is 12.3. The number of methoxy groups -OCH3 is 1. The molecule has 0 saturated carbocycles. The molecule has 134 valence electrons. The van der Waals surface area contributed by atoms with Crippen molar-refractivity contribution in [1.29, 1.82) is 0 Å². The van der Waals surface area contributed by atoms with Gasteiger partial charge in [-0.3, -0.25) is 14.9 Å². The molecule has 0 amide bonds. The van der Waals surface area contributed by atoms with Gasteiger partial charge < -0.3 is 9.47 Å². The largest absolute Gasteiger partial charge is 0.465 e. The van der Waals surface area contributed by atoms with Gasteiger partial charge in [-0.25, -0.2) is 9.59 Å². The van der Waals surface area contributed by atoms with Gasteiger partial charge in [0.1, 0.15) is 0 Å². The molecule has 0 fully saturated rings. The van der Waals surface area contributed by atoms with Gasteiger partial charge in [-0.15, -0.1) is 0 Å². The second kappa shape index (κ2) is 8.34. The molecule has 9 heteroatoms. The first kappa shape index (κ1) is 19.3. The highest BCUT2D eigenvalue weighted by Gasteiger charge is 2.29. The smallest absolute Gasteiger partial charge is 0.346 e. The first-order chi connectivity index (χ1) is 12.3. The molecule has 0 aliphatic rings. The van der Waals surface area contributed by atoms with Crippen LogP contribution in [0.1, 0.15) is 31.1 Å². The summed E-state index contributed by atoms with van der Waals surface area (Å²) in [6.07, 6.45) is 0. The lowest BCUT2D eigenvalue weighted by atomic mass is 10.1. The number of carbonyl (C=O) groups is 3. The van der Waals surface area contributed by atoms with Crippen molar-refractivity contribution in [2.24, 2.45) is 0 Å². The van der Waals surface area contributed by atoms with E-state index < -0.39 is 40.5 Å². The third kappa shape index (κ3) is 4.31. The van der Waals surface area contributed by atoms with Gasteiger partial charge in [0.25, 0.3) is 5.69 Å². The third-order valence-electron chi connectivity index (χ3n) is 3.35. The summed E-state index contributed by atoms with van der Waals surface area (Å²) in [7, 11) is 1.08. The molecule has 26 heavy (non-hydrogen) atoms. The average molecular weight is 422 g/mol. The van der Waals surface area contributed by atoms with E-state index in [2.05, 4.69) is 20.7 Å². The predicted octanol–water partition coefficient (Wildman–Crippen LogP) is 3.18. The molecule has 0 aliphatic carbocycles. The summed E-state index contributed by atoms with van der Waals surface area (Å²) >= 11 is 3.23. The SMILES string of the molecule is COC(=O)c1cccc([N+](=O)[O-])c1C(=O)OCC(=O)c1ccc(Br)cc1. The standard InChI is InChI=1S/C17H12BrNO7/c1-25-16(21)12-3-2-4-13(19(23)24)15(12)17(22)26-9-14(20)10-5-7-11(18)8-6-10/h2-8H,9H2,1H3. The van der Waals surface area contributed by atoms with Crippen molar-refractivity contribution in [2.75, 3.05) is 13.7 Å². The monoisotopic (exact) mass is 421 g/mol. The fourth-order valence-corrected chi connectivity index (χ4v) is 2.37. The number of benzene rings is 2. The van der Waals surface area contributed by atoms with Crippen LogP contribution in [-0.2, 0) is 9.47 Å². The number of hydrogen-bond donors (Lipinski definition) is 0. The Hall–Kier alpha value is -3.07. The molecule has 0 aliphatic heterocycles. The highest BCUT2D eigenvalue weighted by atomic mass is 79.9. The summed E-state index contributed by atoms with van der Waals surface area (Å²) in [6.45, 7) is -0.632. The lowest BCUT2D eigenvalue weighted by Gasteiger charge is -2.09. The average Bonchev–Trinajstić information content (AvgIpc) is 2.65. The number of ketones is 1. The Morgan fingerprint density at radius 1 is 1.08 bits per heavy atom. The van der Waals surface area contributed by atoms with Crippen LogP contribution in [0.15, 0.2) is 46.9 Å². The van der Waals surface area contributed by atoms with Crippen molar-refractivity contribution in [3.05, 3.63) is 73.7 Å². The highest BCUT2D eigenvalue weighted by Crippen LogP contribution is 2.24. The van der Waals surface area contributed by atoms with Crippen molar-refractivity contribution in [2.45, 2.75) is 0 Å². The molecule has 0 spiro atoms. The van der Waals surface area contributed by atoms with Crippen molar-refractivity contribution >= 4 is 39.3 Å². The number of hydrogen-bond acceptors (Lipinski definition) is 7. The zero-order chi connectivity index (χ0) is 19.3. The van der Waals surface area contributed by atoms with E-state index in [0.717, 1.165) is 17.6 Å². The minimum atomic E-state index is -1.16. The van der Waals surface area contributed by atoms with E-state index in [9.17, 15) is 24.5 Å². The Kier molecular flexibility index (Phi) is 6.18. The summed E-state index contributed by atoms with van der Waals surface area (Å²) in [4.78, 5) is 46.5. The van der Waals surface area contributed by atoms with E-state index in [1.54, 1.807) is 12.1 Å². The van der Waals surface area contributed by atoms with Crippen LogP contribution in [0.5, 0.6) is 0 Å². The molecule has 0 aromatic heterocycles. The van der Waals surface area contributed by atoms with E-state index in [1.807, 2.05) is 0 Å². The summed E-state index contributed by atoms with van der Waals surface area (Å²) < 4.78 is 10.2. The predicted molar refractivity (Wildman–Crippen MR) is 93.2 cm³/mol. The lowest BCUT2D eigenvalue weighted by Crippen LogP contribution is -2.18. The van der Waals surface area contributed by atoms with Gasteiger partial charge in [-0.1, -0.05) is 34.1 Å². The number of rotatable bonds is 6. The fourth-order valence-electron chi connectivity index (χ4n) is 2.11. The molecule has 0 atom stereocenters. The number of halogens is 1. The Labute approximate surface area is 156 Å². The Balaban J connectivity index is 2.25. The van der Waals surface area contributed by atoms with Crippen LogP contribution in [0.2, 0.25) is 0 Å². The third-order valence-corrected chi connectivity index (χ3v) is 3.88. The first-order valence-corrected chi connectivity index (χ1v) is 7.96. The molecule has 0 unspecified atom stereocenters. The normalized spacial score (nSPS) is 10.1. The van der Waals surface area contributed by atoms with Crippen LogP contribution in [-0.4, -0.2) is 36.4 Å². The van der Waals surface area contributed by atoms with Gasteiger partial charge in [-0.2, -0.15) is 0 Å². The Morgan fingerprint density at radius 2 is 1.73 bits per heavy atom. The molecule has 2 aromatic rings. The zero-order valence-corrected chi connectivity index (χ0v) is 15.0. The number of Topliss-reactive ketones (excluding diaryl/α,β-unsaturated/α-hetero) is 1. The van der Waals surface area contributed by atoms with E-state index >= 15 is 0 Å². The number of nitrogens with zero attached hydrogens (tertiary/aromatic N) is 1. The minimum absolute atomic E-state index is 0.303. The van der Waals surface area contributed by atoms with Gasteiger partial charge in [0.2, 0.25) is 0 Å². The molecular formula is C17H12BrNO7. The van der Waals surface area contributed by atoms with Gasteiger partial charge >= 0.3 is 11.9 Å². The van der Waals surface area contributed by atoms with Crippen LogP contribution in [0.25, 0.3) is 0 Å². The summed E-state index contributed by atoms with van der Waals surface area (Å²) in [5, 5.41) is 11.2. The first-order valence-electron chi connectivity index (χ1n) is 7.16. The highest BCUT2D eigenvalue weighted by molar-refractivity contribution is 9.10. The topological polar surface area (TPSA) is 113 Å². The second-order valence-corrected chi connectivity index (χ2v) is 5.87. The van der Waals surface area contributed by atoms with Gasteiger partial charge in [0.05, 0.1) is 17.6 Å². The number of ether oxygens (including phenoxy) is 2. The maximum absolute atomic E-state index is 12.3. The molecule has 8 nitrogen and oxygen atoms in total. The van der Waals surface area contributed by atoms with Gasteiger partial charge in [0, 0.05) is 16.1 Å². The van der Waals surface area contributed by atoms with E-state index in [1.165, 1.54) is 24.3 Å². The summed E-state index contributed by atoms with van der Waals surface area (Å²) in [6, 6.07) is 9.86. The van der Waals surface area contributed by atoms with Crippen molar-refractivity contribution < 1.29 is 28.8 Å². The quantitative estimate of drug-likeness (QED) is 0.304. The maximum Gasteiger partial charge on any atom is 0.346 e. The number of esters is 2. The Bertz CT molecular complexity index is 877. The van der Waals surface area contributed by atoms with E-state index in [0.29, 0.717) is 5.56 Å². The number of nitro groups is 1. The molecule has 0 heterocycles. The second-order valence-electron chi connectivity index (χ2n) is 4.95. The van der Waals surface area contributed by atoms with Crippen LogP contribution in [0, 0.1) is 10.1 Å². The number of nitro benzene ring substituents is 1. The summed E-state index contributed by atoms with van der Waals surface area (Å²) in [5.74, 6) is -2.59. The van der Waals surface area contributed by atoms with E-state index in [4.69, 9.17) is 4.74 Å². The van der Waals surface area contributed by atoms with Crippen LogP contribution < -0.4 is 0 Å². The van der Waals surface area contributed by atoms with Gasteiger partial charge in [0.15, 0.2) is 18.0 Å². The molecule has 2 rings (SSSR count). The minimum Gasteiger partial charge on any atom is -0.465 e. The van der Waals surface area contributed by atoms with Crippen LogP contribution in [0.4, 0.5) is 5.69 Å². The molecule has 0 N–H and O–H groups in total. The summed E-state index contributed by atoms with van der Waals surface area (Å²) in [5.41, 5.74) is -1.19. The number of carbonyl (C=O) groups excluding carboxylic acids is 3. The van der Waals surface area contributed by atoms with Gasteiger partial charge in [-0.05, 0) is 18.2 Å². The van der Waals surface area contributed by atoms with Crippen molar-refractivity contribution in [1.82, 2.24) is 0 Å². The molecule has 0 radical (unpaired) electrons.